The van der Waals surface area contributed by atoms with Gasteiger partial charge in [0.25, 0.3) is 5.91 Å². The number of amides is 2. The number of hydrogen-bond acceptors (Lipinski definition) is 8. The molecule has 0 saturated carbocycles. The summed E-state index contributed by atoms with van der Waals surface area (Å²) in [7, 11) is 0. The van der Waals surface area contributed by atoms with Gasteiger partial charge >= 0.3 is 5.97 Å². The monoisotopic (exact) mass is 432 g/mol. The number of amidine groups is 1. The molecule has 1 aliphatic rings. The zero-order valence-electron chi connectivity index (χ0n) is 15.1. The number of aromatic hydroxyl groups is 1. The first-order chi connectivity index (χ1) is 13.8. The second-order valence-corrected chi connectivity index (χ2v) is 8.06. The van der Waals surface area contributed by atoms with Gasteiger partial charge in [0, 0.05) is 12.6 Å². The number of thioether (sulfide) groups is 1. The number of phenols is 1. The number of rotatable bonds is 6. The largest absolute Gasteiger partial charge is 0.508 e. The highest BCUT2D eigenvalue weighted by molar-refractivity contribution is 8.18. The first-order valence-corrected chi connectivity index (χ1v) is 10.00. The van der Waals surface area contributed by atoms with Crippen molar-refractivity contribution in [2.75, 3.05) is 5.32 Å². The van der Waals surface area contributed by atoms with Crippen LogP contribution in [-0.4, -0.2) is 38.1 Å². The van der Waals surface area contributed by atoms with Crippen molar-refractivity contribution in [1.82, 2.24) is 10.3 Å². The third-order valence-electron chi connectivity index (χ3n) is 3.66. The Labute approximate surface area is 173 Å². The zero-order valence-corrected chi connectivity index (χ0v) is 16.8. The number of thiazole rings is 1. The summed E-state index contributed by atoms with van der Waals surface area (Å²) in [6.07, 6.45) is 2.75. The molecule has 0 atom stereocenters. The number of phenolic OH excluding ortho intramolecular Hbond substituents is 1. The van der Waals surface area contributed by atoms with Gasteiger partial charge in [-0.2, -0.15) is 0 Å². The molecule has 0 bridgehead atoms. The lowest BCUT2D eigenvalue weighted by molar-refractivity contribution is -0.138. The van der Waals surface area contributed by atoms with Crippen molar-refractivity contribution in [1.29, 1.82) is 0 Å². The summed E-state index contributed by atoms with van der Waals surface area (Å²) in [5, 5.41) is 24.0. The molecule has 1 aromatic carbocycles. The van der Waals surface area contributed by atoms with Gasteiger partial charge in [-0.15, -0.1) is 0 Å². The smallest absolute Gasteiger partial charge is 0.303 e. The normalized spacial score (nSPS) is 16.2. The van der Waals surface area contributed by atoms with Gasteiger partial charge in [0.2, 0.25) is 5.91 Å². The Hall–Kier alpha value is -3.18. The van der Waals surface area contributed by atoms with E-state index >= 15 is 0 Å². The molecule has 2 amide bonds. The van der Waals surface area contributed by atoms with E-state index in [1.807, 2.05) is 0 Å². The first kappa shape index (κ1) is 20.6. The second-order valence-electron chi connectivity index (χ2n) is 5.96. The lowest BCUT2D eigenvalue weighted by Crippen LogP contribution is -2.19. The topological polar surface area (TPSA) is 141 Å². The summed E-state index contributed by atoms with van der Waals surface area (Å²) in [4.78, 5) is 43.9. The summed E-state index contributed by atoms with van der Waals surface area (Å²) in [6, 6.07) is 4.77. The van der Waals surface area contributed by atoms with Crippen molar-refractivity contribution in [3.8, 4) is 5.75 Å². The molecule has 0 spiro atoms. The number of nitrogens with zero attached hydrogens (tertiary/aromatic N) is 2. The molecular formula is C18H16N4O5S2. The highest BCUT2D eigenvalue weighted by atomic mass is 32.2. The minimum atomic E-state index is -1.05. The average molecular weight is 432 g/mol. The quantitative estimate of drug-likeness (QED) is 0.514. The number of aromatic nitrogens is 1. The van der Waals surface area contributed by atoms with Crippen LogP contribution in [0.15, 0.2) is 34.3 Å². The maximum atomic E-state index is 12.2. The number of nitrogens with one attached hydrogen (secondary N) is 2. The Morgan fingerprint density at radius 2 is 2.14 bits per heavy atom. The molecule has 11 heteroatoms. The predicted molar refractivity (Wildman–Crippen MR) is 111 cm³/mol. The van der Waals surface area contributed by atoms with E-state index in [0.717, 1.165) is 5.56 Å². The van der Waals surface area contributed by atoms with Crippen molar-refractivity contribution >= 4 is 62.9 Å². The Bertz CT molecular complexity index is 1040. The molecule has 3 rings (SSSR count). The lowest BCUT2D eigenvalue weighted by Gasteiger charge is -2.01. The molecule has 0 aliphatic carbocycles. The maximum absolute atomic E-state index is 12.2. The van der Waals surface area contributed by atoms with Crippen LogP contribution >= 0.6 is 23.1 Å². The summed E-state index contributed by atoms with van der Waals surface area (Å²) in [5.41, 5.74) is 1.41. The predicted octanol–water partition coefficient (Wildman–Crippen LogP) is 2.85. The van der Waals surface area contributed by atoms with Crippen LogP contribution in [0.3, 0.4) is 0 Å². The molecule has 1 fully saturated rings. The van der Waals surface area contributed by atoms with Crippen LogP contribution in [0.5, 0.6) is 5.75 Å². The van der Waals surface area contributed by atoms with E-state index in [9.17, 15) is 19.5 Å². The minimum absolute atomic E-state index is 0.139. The minimum Gasteiger partial charge on any atom is -0.508 e. The number of carbonyl (C=O) groups is 3. The van der Waals surface area contributed by atoms with Crippen molar-refractivity contribution in [3.05, 3.63) is 39.7 Å². The molecule has 1 aliphatic heterocycles. The molecule has 4 N–H and O–H groups in total. The highest BCUT2D eigenvalue weighted by Gasteiger charge is 2.24. The van der Waals surface area contributed by atoms with Crippen molar-refractivity contribution in [3.63, 3.8) is 0 Å². The number of carbonyl (C=O) groups excluding carboxylic acids is 2. The summed E-state index contributed by atoms with van der Waals surface area (Å²) in [5.74, 6) is -1.64. The molecule has 9 nitrogen and oxygen atoms in total. The van der Waals surface area contributed by atoms with E-state index in [1.54, 1.807) is 25.1 Å². The van der Waals surface area contributed by atoms with Crippen molar-refractivity contribution in [2.24, 2.45) is 4.99 Å². The fraction of sp³-hybridized carbons (Fsp3) is 0.167. The van der Waals surface area contributed by atoms with E-state index in [1.165, 1.54) is 35.4 Å². The molecule has 2 heterocycles. The van der Waals surface area contributed by atoms with Crippen LogP contribution in [-0.2, 0) is 14.4 Å². The molecule has 2 aromatic rings. The van der Waals surface area contributed by atoms with Gasteiger partial charge in [-0.1, -0.05) is 11.3 Å². The van der Waals surface area contributed by atoms with Crippen LogP contribution < -0.4 is 10.6 Å². The second kappa shape index (κ2) is 8.88. The van der Waals surface area contributed by atoms with Gasteiger partial charge in [0.1, 0.15) is 5.75 Å². The SMILES string of the molecule is Cc1cc(O)ccc1/N=C1/NC(=O)/C(=C/c2cnc(NC(=O)CCC(=O)O)s2)S1. The molecule has 150 valence electrons. The number of benzene rings is 1. The third-order valence-corrected chi connectivity index (χ3v) is 5.43. The Kier molecular flexibility index (Phi) is 6.29. The van der Waals surface area contributed by atoms with Gasteiger partial charge in [-0.25, -0.2) is 9.98 Å². The fourth-order valence-electron chi connectivity index (χ4n) is 2.30. The molecule has 1 saturated heterocycles. The summed E-state index contributed by atoms with van der Waals surface area (Å²) < 4.78 is 0. The molecular weight excluding hydrogens is 416 g/mol. The number of aliphatic carboxylic acids is 1. The third kappa shape index (κ3) is 5.65. The van der Waals surface area contributed by atoms with E-state index in [-0.39, 0.29) is 24.5 Å². The van der Waals surface area contributed by atoms with Crippen LogP contribution in [0, 0.1) is 6.92 Å². The van der Waals surface area contributed by atoms with Crippen LogP contribution in [0.2, 0.25) is 0 Å². The molecule has 0 radical (unpaired) electrons. The number of aryl methyl sites for hydroxylation is 1. The van der Waals surface area contributed by atoms with Gasteiger partial charge in [-0.3, -0.25) is 14.4 Å². The molecule has 29 heavy (non-hydrogen) atoms. The molecule has 0 unspecified atom stereocenters. The number of anilines is 1. The Balaban J connectivity index is 1.67. The van der Waals surface area contributed by atoms with Crippen LogP contribution in [0.4, 0.5) is 10.8 Å². The summed E-state index contributed by atoms with van der Waals surface area (Å²) >= 11 is 2.34. The fourth-order valence-corrected chi connectivity index (χ4v) is 3.97. The standard InChI is InChI=1S/C18H16N4O5S2/c1-9-6-10(23)2-3-12(9)20-18-22-16(27)13(29-18)7-11-8-19-17(28-11)21-14(24)4-5-15(25)26/h2-3,6-8,23H,4-5H2,1H3,(H,25,26)(H,19,21,24)(H,20,22,27)/b13-7-. The van der Waals surface area contributed by atoms with Crippen LogP contribution in [0.25, 0.3) is 6.08 Å². The van der Waals surface area contributed by atoms with Gasteiger partial charge in [0.15, 0.2) is 10.3 Å². The van der Waals surface area contributed by atoms with Crippen LogP contribution in [0.1, 0.15) is 23.3 Å². The zero-order chi connectivity index (χ0) is 21.0. The van der Waals surface area contributed by atoms with Gasteiger partial charge in [0.05, 0.1) is 21.9 Å². The first-order valence-electron chi connectivity index (χ1n) is 8.37. The highest BCUT2D eigenvalue weighted by Crippen LogP contribution is 2.31. The molecule has 1 aromatic heterocycles. The van der Waals surface area contributed by atoms with E-state index < -0.39 is 11.9 Å². The van der Waals surface area contributed by atoms with Gasteiger partial charge in [-0.05, 0) is 48.5 Å². The van der Waals surface area contributed by atoms with Crippen molar-refractivity contribution in [2.45, 2.75) is 19.8 Å². The Morgan fingerprint density at radius 1 is 1.34 bits per heavy atom. The Morgan fingerprint density at radius 3 is 2.86 bits per heavy atom. The maximum Gasteiger partial charge on any atom is 0.303 e. The van der Waals surface area contributed by atoms with E-state index in [4.69, 9.17) is 5.11 Å². The van der Waals surface area contributed by atoms with Gasteiger partial charge < -0.3 is 20.8 Å². The number of hydrogen-bond donors (Lipinski definition) is 4. The van der Waals surface area contributed by atoms with E-state index in [2.05, 4.69) is 20.6 Å². The number of carboxylic acids is 1. The lowest BCUT2D eigenvalue weighted by atomic mass is 10.2. The summed E-state index contributed by atoms with van der Waals surface area (Å²) in [6.45, 7) is 1.81. The number of aliphatic imine (C=N–C) groups is 1. The van der Waals surface area contributed by atoms with Crippen molar-refractivity contribution < 1.29 is 24.6 Å². The number of carboxylic acid groups (broad SMARTS) is 1. The van der Waals surface area contributed by atoms with E-state index in [0.29, 0.717) is 25.8 Å². The average Bonchev–Trinajstić information content (AvgIpc) is 3.22.